The van der Waals surface area contributed by atoms with Crippen LogP contribution in [-0.4, -0.2) is 13.0 Å². The van der Waals surface area contributed by atoms with Crippen molar-refractivity contribution < 1.29 is 17.7 Å². The minimum atomic E-state index is -4.19. The number of hydrogen-bond acceptors (Lipinski definition) is 3. The summed E-state index contributed by atoms with van der Waals surface area (Å²) in [6.45, 7) is 2.26. The third-order valence-electron chi connectivity index (χ3n) is 5.62. The lowest BCUT2D eigenvalue weighted by atomic mass is 10.0. The molecule has 0 aliphatic heterocycles. The maximum Gasteiger partial charge on any atom is 0.294 e. The zero-order valence-electron chi connectivity index (χ0n) is 18.9. The number of para-hydroxylation sites is 1. The Labute approximate surface area is 188 Å². The predicted molar refractivity (Wildman–Crippen MR) is 128 cm³/mol. The molecular formula is C26H38O4S. The van der Waals surface area contributed by atoms with Gasteiger partial charge in [0.1, 0.15) is 11.5 Å². The summed E-state index contributed by atoms with van der Waals surface area (Å²) < 4.78 is 37.4. The van der Waals surface area contributed by atoms with E-state index in [0.29, 0.717) is 5.75 Å². The van der Waals surface area contributed by atoms with E-state index in [2.05, 4.69) is 13.0 Å². The van der Waals surface area contributed by atoms with Crippen LogP contribution >= 0.6 is 0 Å². The Morgan fingerprint density at radius 1 is 0.710 bits per heavy atom. The van der Waals surface area contributed by atoms with Gasteiger partial charge in [0.25, 0.3) is 10.1 Å². The topological polar surface area (TPSA) is 63.6 Å². The third-order valence-corrected chi connectivity index (χ3v) is 6.49. The molecule has 0 unspecified atom stereocenters. The maximum atomic E-state index is 11.2. The van der Waals surface area contributed by atoms with Crippen LogP contribution in [0.2, 0.25) is 0 Å². The van der Waals surface area contributed by atoms with Crippen molar-refractivity contribution in [3.8, 4) is 11.5 Å². The lowest BCUT2D eigenvalue weighted by Crippen LogP contribution is -1.97. The highest BCUT2D eigenvalue weighted by molar-refractivity contribution is 7.85. The number of unbranched alkanes of at least 4 members (excludes halogenated alkanes) is 11. The van der Waals surface area contributed by atoms with Gasteiger partial charge in [-0.15, -0.1) is 0 Å². The van der Waals surface area contributed by atoms with Crippen molar-refractivity contribution >= 4 is 10.1 Å². The summed E-state index contributed by atoms with van der Waals surface area (Å²) in [5.74, 6) is 1.35. The molecular weight excluding hydrogens is 408 g/mol. The van der Waals surface area contributed by atoms with Gasteiger partial charge in [0.2, 0.25) is 0 Å². The Balaban J connectivity index is 1.66. The second-order valence-electron chi connectivity index (χ2n) is 8.30. The van der Waals surface area contributed by atoms with Gasteiger partial charge in [-0.1, -0.05) is 95.8 Å². The van der Waals surface area contributed by atoms with Crippen LogP contribution < -0.4 is 4.74 Å². The smallest absolute Gasteiger partial charge is 0.294 e. The molecule has 0 saturated heterocycles. The summed E-state index contributed by atoms with van der Waals surface area (Å²) >= 11 is 0. The minimum absolute atomic E-state index is 0.135. The van der Waals surface area contributed by atoms with Gasteiger partial charge >= 0.3 is 0 Å². The van der Waals surface area contributed by atoms with E-state index in [1.165, 1.54) is 82.8 Å². The molecule has 0 saturated carbocycles. The minimum Gasteiger partial charge on any atom is -0.457 e. The molecule has 2 aromatic rings. The lowest BCUT2D eigenvalue weighted by molar-refractivity contribution is 0.471. The van der Waals surface area contributed by atoms with Gasteiger partial charge in [0.05, 0.1) is 4.90 Å². The summed E-state index contributed by atoms with van der Waals surface area (Å²) in [4.78, 5) is -0.135. The van der Waals surface area contributed by atoms with Crippen LogP contribution in [-0.2, 0) is 16.5 Å². The first kappa shape index (κ1) is 25.4. The van der Waals surface area contributed by atoms with E-state index < -0.39 is 10.1 Å². The van der Waals surface area contributed by atoms with Crippen molar-refractivity contribution in [1.29, 1.82) is 0 Å². The van der Waals surface area contributed by atoms with Crippen molar-refractivity contribution in [3.05, 3.63) is 54.1 Å². The summed E-state index contributed by atoms with van der Waals surface area (Å²) in [5, 5.41) is 0. The zero-order valence-corrected chi connectivity index (χ0v) is 19.7. The molecule has 0 amide bonds. The molecule has 0 aliphatic carbocycles. The Morgan fingerprint density at radius 2 is 1.23 bits per heavy atom. The van der Waals surface area contributed by atoms with Crippen molar-refractivity contribution in [2.24, 2.45) is 0 Å². The van der Waals surface area contributed by atoms with E-state index in [-0.39, 0.29) is 4.90 Å². The first-order valence-corrected chi connectivity index (χ1v) is 13.3. The molecule has 0 radical (unpaired) electrons. The van der Waals surface area contributed by atoms with E-state index >= 15 is 0 Å². The van der Waals surface area contributed by atoms with Gasteiger partial charge < -0.3 is 4.74 Å². The standard InChI is InChI=1S/C26H38O4S/c1-2-3-4-5-6-7-8-9-10-11-12-13-16-23-17-14-15-18-26(23)30-24-19-21-25(22-20-24)31(27,28)29/h14-15,17-22H,2-13,16H2,1H3,(H,27,28,29). The molecule has 2 rings (SSSR count). The van der Waals surface area contributed by atoms with Gasteiger partial charge in [-0.25, -0.2) is 0 Å². The van der Waals surface area contributed by atoms with E-state index in [1.54, 1.807) is 12.1 Å². The number of aryl methyl sites for hydroxylation is 1. The molecule has 172 valence electrons. The van der Waals surface area contributed by atoms with Crippen LogP contribution in [0.3, 0.4) is 0 Å². The molecule has 0 atom stereocenters. The summed E-state index contributed by atoms with van der Waals surface area (Å²) in [6, 6.07) is 13.8. The van der Waals surface area contributed by atoms with Gasteiger partial charge in [0, 0.05) is 0 Å². The second-order valence-corrected chi connectivity index (χ2v) is 9.72. The van der Waals surface area contributed by atoms with E-state index in [1.807, 2.05) is 18.2 Å². The summed E-state index contributed by atoms with van der Waals surface area (Å²) in [7, 11) is -4.19. The predicted octanol–water partition coefficient (Wildman–Crippen LogP) is 7.97. The third kappa shape index (κ3) is 10.3. The molecule has 1 N–H and O–H groups in total. The van der Waals surface area contributed by atoms with Gasteiger partial charge in [0.15, 0.2) is 0 Å². The molecule has 0 aliphatic rings. The number of hydrogen-bond donors (Lipinski definition) is 1. The van der Waals surface area contributed by atoms with Gasteiger partial charge in [-0.05, 0) is 48.7 Å². The molecule has 5 heteroatoms. The average molecular weight is 447 g/mol. The molecule has 0 aromatic heterocycles. The van der Waals surface area contributed by atoms with E-state index in [0.717, 1.165) is 24.2 Å². The highest BCUT2D eigenvalue weighted by atomic mass is 32.2. The van der Waals surface area contributed by atoms with Crippen molar-refractivity contribution in [3.63, 3.8) is 0 Å². The van der Waals surface area contributed by atoms with Crippen molar-refractivity contribution in [2.45, 2.75) is 95.3 Å². The molecule has 4 nitrogen and oxygen atoms in total. The molecule has 2 aromatic carbocycles. The fourth-order valence-corrected chi connectivity index (χ4v) is 4.25. The molecule has 0 spiro atoms. The average Bonchev–Trinajstić information content (AvgIpc) is 2.75. The highest BCUT2D eigenvalue weighted by Crippen LogP contribution is 2.27. The van der Waals surface area contributed by atoms with Crippen LogP contribution in [0.25, 0.3) is 0 Å². The zero-order chi connectivity index (χ0) is 22.4. The Bertz CT molecular complexity index is 844. The largest absolute Gasteiger partial charge is 0.457 e. The number of ether oxygens (including phenoxy) is 1. The fraction of sp³-hybridized carbons (Fsp3) is 0.538. The Kier molecular flexibility index (Phi) is 11.7. The lowest BCUT2D eigenvalue weighted by Gasteiger charge is -2.11. The Morgan fingerprint density at radius 3 is 1.77 bits per heavy atom. The quantitative estimate of drug-likeness (QED) is 0.210. The Hall–Kier alpha value is -1.85. The van der Waals surface area contributed by atoms with Crippen molar-refractivity contribution in [1.82, 2.24) is 0 Å². The molecule has 31 heavy (non-hydrogen) atoms. The van der Waals surface area contributed by atoms with Crippen LogP contribution in [0.1, 0.15) is 89.5 Å². The van der Waals surface area contributed by atoms with E-state index in [9.17, 15) is 8.42 Å². The van der Waals surface area contributed by atoms with Gasteiger partial charge in [-0.3, -0.25) is 4.55 Å². The van der Waals surface area contributed by atoms with E-state index in [4.69, 9.17) is 9.29 Å². The normalized spacial score (nSPS) is 11.5. The first-order chi connectivity index (χ1) is 15.0. The maximum absolute atomic E-state index is 11.2. The number of benzene rings is 2. The SMILES string of the molecule is CCCCCCCCCCCCCCc1ccccc1Oc1ccc(S(=O)(=O)O)cc1. The number of rotatable bonds is 16. The first-order valence-electron chi connectivity index (χ1n) is 11.8. The molecule has 0 bridgehead atoms. The molecule has 0 fully saturated rings. The summed E-state index contributed by atoms with van der Waals surface area (Å²) in [5.41, 5.74) is 1.16. The fourth-order valence-electron chi connectivity index (χ4n) is 3.77. The van der Waals surface area contributed by atoms with Crippen LogP contribution in [0, 0.1) is 0 Å². The van der Waals surface area contributed by atoms with Gasteiger partial charge in [-0.2, -0.15) is 8.42 Å². The summed E-state index contributed by atoms with van der Waals surface area (Å²) in [6.07, 6.45) is 17.0. The monoisotopic (exact) mass is 446 g/mol. The van der Waals surface area contributed by atoms with Crippen LogP contribution in [0.5, 0.6) is 11.5 Å². The molecule has 0 heterocycles. The van der Waals surface area contributed by atoms with Crippen LogP contribution in [0.4, 0.5) is 0 Å². The van der Waals surface area contributed by atoms with Crippen LogP contribution in [0.15, 0.2) is 53.4 Å². The highest BCUT2D eigenvalue weighted by Gasteiger charge is 2.10. The second kappa shape index (κ2) is 14.3. The van der Waals surface area contributed by atoms with Crippen molar-refractivity contribution in [2.75, 3.05) is 0 Å².